The van der Waals surface area contributed by atoms with Gasteiger partial charge in [0.15, 0.2) is 0 Å². The first kappa shape index (κ1) is 13.6. The third kappa shape index (κ3) is 2.63. The van der Waals surface area contributed by atoms with E-state index in [0.29, 0.717) is 18.7 Å². The van der Waals surface area contributed by atoms with Gasteiger partial charge in [-0.25, -0.2) is 0 Å². The molecular weight excluding hydrogens is 267 g/mol. The van der Waals surface area contributed by atoms with Gasteiger partial charge in [-0.05, 0) is 25.7 Å². The number of halogens is 4. The molecule has 1 aromatic rings. The Hall–Kier alpha value is -0.780. The van der Waals surface area contributed by atoms with Crippen LogP contribution in [0.25, 0.3) is 0 Å². The van der Waals surface area contributed by atoms with Crippen molar-refractivity contribution in [3.8, 4) is 0 Å². The van der Waals surface area contributed by atoms with Crippen LogP contribution in [0.2, 0.25) is 0 Å². The maximum absolute atomic E-state index is 12.6. The fraction of sp³-hybridized carbons (Fsp3) is 0.818. The van der Waals surface area contributed by atoms with Crippen LogP contribution in [-0.4, -0.2) is 20.9 Å². The lowest BCUT2D eigenvalue weighted by Crippen LogP contribution is -2.27. The summed E-state index contributed by atoms with van der Waals surface area (Å²) >= 11 is 5.70. The second-order valence-electron chi connectivity index (χ2n) is 4.76. The largest absolute Gasteiger partial charge is 0.391 e. The summed E-state index contributed by atoms with van der Waals surface area (Å²) in [7, 11) is 1.81. The summed E-state index contributed by atoms with van der Waals surface area (Å²) in [5.74, 6) is 0.588. The van der Waals surface area contributed by atoms with Crippen molar-refractivity contribution in [2.45, 2.75) is 43.7 Å². The molecule has 102 valence electrons. The standard InChI is InChI=1S/C11H15ClF3N3/c1-18-9(6-12)16-17-10(18)7-2-4-8(5-3-7)11(13,14)15/h7-8H,2-6H2,1H3. The number of nitrogens with zero attached hydrogens (tertiary/aromatic N) is 3. The minimum Gasteiger partial charge on any atom is -0.317 e. The fourth-order valence-corrected chi connectivity index (χ4v) is 2.76. The molecule has 0 atom stereocenters. The average Bonchev–Trinajstić information content (AvgIpc) is 2.69. The summed E-state index contributed by atoms with van der Waals surface area (Å²) in [4.78, 5) is 0. The van der Waals surface area contributed by atoms with Gasteiger partial charge >= 0.3 is 6.18 Å². The lowest BCUT2D eigenvalue weighted by molar-refractivity contribution is -0.182. The molecule has 0 unspecified atom stereocenters. The highest BCUT2D eigenvalue weighted by Crippen LogP contribution is 2.42. The first-order valence-corrected chi connectivity index (χ1v) is 6.47. The zero-order valence-corrected chi connectivity index (χ0v) is 10.8. The highest BCUT2D eigenvalue weighted by molar-refractivity contribution is 6.16. The molecule has 1 saturated carbocycles. The van der Waals surface area contributed by atoms with E-state index in [4.69, 9.17) is 11.6 Å². The maximum atomic E-state index is 12.6. The van der Waals surface area contributed by atoms with Gasteiger partial charge in [-0.3, -0.25) is 0 Å². The monoisotopic (exact) mass is 281 g/mol. The molecule has 3 nitrogen and oxygen atoms in total. The van der Waals surface area contributed by atoms with E-state index in [-0.39, 0.29) is 24.6 Å². The Balaban J connectivity index is 2.03. The predicted octanol–water partition coefficient (Wildman–Crippen LogP) is 3.39. The van der Waals surface area contributed by atoms with Crippen LogP contribution in [-0.2, 0) is 12.9 Å². The predicted molar refractivity (Wildman–Crippen MR) is 61.3 cm³/mol. The lowest BCUT2D eigenvalue weighted by atomic mass is 9.81. The van der Waals surface area contributed by atoms with Crippen molar-refractivity contribution in [1.82, 2.24) is 14.8 Å². The van der Waals surface area contributed by atoms with Gasteiger partial charge in [0.2, 0.25) is 0 Å². The third-order valence-corrected chi connectivity index (χ3v) is 3.91. The fourth-order valence-electron chi connectivity index (χ4n) is 2.53. The molecule has 0 spiro atoms. The van der Waals surface area contributed by atoms with Gasteiger partial charge in [0, 0.05) is 13.0 Å². The van der Waals surface area contributed by atoms with Gasteiger partial charge in [0.05, 0.1) is 11.8 Å². The first-order chi connectivity index (χ1) is 8.43. The molecular formula is C11H15ClF3N3. The summed E-state index contributed by atoms with van der Waals surface area (Å²) in [6.45, 7) is 0. The molecule has 0 radical (unpaired) electrons. The van der Waals surface area contributed by atoms with E-state index in [2.05, 4.69) is 10.2 Å². The van der Waals surface area contributed by atoms with E-state index >= 15 is 0 Å². The third-order valence-electron chi connectivity index (χ3n) is 3.67. The van der Waals surface area contributed by atoms with Crippen LogP contribution in [0.1, 0.15) is 43.3 Å². The van der Waals surface area contributed by atoms with Gasteiger partial charge in [-0.15, -0.1) is 21.8 Å². The lowest BCUT2D eigenvalue weighted by Gasteiger charge is -2.29. The van der Waals surface area contributed by atoms with Crippen LogP contribution in [0.5, 0.6) is 0 Å². The molecule has 0 N–H and O–H groups in total. The summed E-state index contributed by atoms with van der Waals surface area (Å²) in [6.07, 6.45) is -2.68. The summed E-state index contributed by atoms with van der Waals surface area (Å²) < 4.78 is 39.5. The molecule has 0 aromatic carbocycles. The van der Waals surface area contributed by atoms with Crippen LogP contribution >= 0.6 is 11.6 Å². The van der Waals surface area contributed by atoms with Crippen molar-refractivity contribution in [1.29, 1.82) is 0 Å². The normalized spacial score (nSPS) is 25.4. The van der Waals surface area contributed by atoms with Gasteiger partial charge in [-0.1, -0.05) is 0 Å². The molecule has 0 aliphatic heterocycles. The van der Waals surface area contributed by atoms with Crippen LogP contribution < -0.4 is 0 Å². The van der Waals surface area contributed by atoms with Crippen molar-refractivity contribution < 1.29 is 13.2 Å². The zero-order chi connectivity index (χ0) is 13.3. The molecule has 1 aliphatic rings. The van der Waals surface area contributed by atoms with Gasteiger partial charge in [0.25, 0.3) is 0 Å². The molecule has 1 fully saturated rings. The van der Waals surface area contributed by atoms with E-state index in [9.17, 15) is 13.2 Å². The van der Waals surface area contributed by atoms with Crippen LogP contribution in [0.15, 0.2) is 0 Å². The van der Waals surface area contributed by atoms with Crippen molar-refractivity contribution in [2.75, 3.05) is 0 Å². The number of alkyl halides is 4. The van der Waals surface area contributed by atoms with Crippen LogP contribution in [0, 0.1) is 5.92 Å². The maximum Gasteiger partial charge on any atom is 0.391 e. The molecule has 2 rings (SSSR count). The molecule has 7 heteroatoms. The van der Waals surface area contributed by atoms with Crippen molar-refractivity contribution in [3.05, 3.63) is 11.6 Å². The van der Waals surface area contributed by atoms with Crippen molar-refractivity contribution in [3.63, 3.8) is 0 Å². The van der Waals surface area contributed by atoms with Gasteiger partial charge in [0.1, 0.15) is 11.6 Å². The zero-order valence-electron chi connectivity index (χ0n) is 10.0. The van der Waals surface area contributed by atoms with Gasteiger partial charge in [-0.2, -0.15) is 13.2 Å². The van der Waals surface area contributed by atoms with E-state index in [0.717, 1.165) is 5.82 Å². The topological polar surface area (TPSA) is 30.7 Å². The van der Waals surface area contributed by atoms with Crippen LogP contribution in [0.4, 0.5) is 13.2 Å². The molecule has 18 heavy (non-hydrogen) atoms. The Morgan fingerprint density at radius 1 is 1.22 bits per heavy atom. The molecule has 0 saturated heterocycles. The van der Waals surface area contributed by atoms with E-state index in [1.807, 2.05) is 7.05 Å². The Labute approximate surface area is 108 Å². The quantitative estimate of drug-likeness (QED) is 0.778. The second kappa shape index (κ2) is 5.07. The SMILES string of the molecule is Cn1c(CCl)nnc1C1CCC(C(F)(F)F)CC1. The number of hydrogen-bond donors (Lipinski definition) is 0. The van der Waals surface area contributed by atoms with E-state index in [1.54, 1.807) is 4.57 Å². The first-order valence-electron chi connectivity index (χ1n) is 5.94. The minimum atomic E-state index is -4.06. The number of hydrogen-bond acceptors (Lipinski definition) is 2. The molecule has 1 heterocycles. The molecule has 0 amide bonds. The average molecular weight is 282 g/mol. The highest BCUT2D eigenvalue weighted by Gasteiger charge is 2.42. The molecule has 1 aromatic heterocycles. The summed E-state index contributed by atoms with van der Waals surface area (Å²) in [6, 6.07) is 0. The van der Waals surface area contributed by atoms with Gasteiger partial charge < -0.3 is 4.57 Å². The highest BCUT2D eigenvalue weighted by atomic mass is 35.5. The second-order valence-corrected chi connectivity index (χ2v) is 5.02. The number of aromatic nitrogens is 3. The minimum absolute atomic E-state index is 0.0677. The van der Waals surface area contributed by atoms with Crippen LogP contribution in [0.3, 0.4) is 0 Å². The summed E-state index contributed by atoms with van der Waals surface area (Å²) in [5.41, 5.74) is 0. The smallest absolute Gasteiger partial charge is 0.317 e. The van der Waals surface area contributed by atoms with Crippen molar-refractivity contribution >= 4 is 11.6 Å². The van der Waals surface area contributed by atoms with E-state index in [1.165, 1.54) is 0 Å². The van der Waals surface area contributed by atoms with Crippen molar-refractivity contribution in [2.24, 2.45) is 13.0 Å². The Bertz CT molecular complexity index is 408. The van der Waals surface area contributed by atoms with E-state index < -0.39 is 12.1 Å². The molecule has 1 aliphatic carbocycles. The Kier molecular flexibility index (Phi) is 3.84. The Morgan fingerprint density at radius 2 is 1.83 bits per heavy atom. The Morgan fingerprint density at radius 3 is 2.28 bits per heavy atom. The number of rotatable bonds is 2. The summed E-state index contributed by atoms with van der Waals surface area (Å²) in [5, 5.41) is 7.98. The molecule has 0 bridgehead atoms.